The van der Waals surface area contributed by atoms with Crippen molar-refractivity contribution < 1.29 is 0 Å². The molecule has 6 heteroatoms. The maximum Gasteiger partial charge on any atom is 0.0711 e. The Morgan fingerprint density at radius 1 is 0.667 bits per heavy atom. The number of hydrogen-bond acceptors (Lipinski definition) is 2. The summed E-state index contributed by atoms with van der Waals surface area (Å²) in [6.07, 6.45) is 0. The fourth-order valence-corrected chi connectivity index (χ4v) is 1.13. The minimum atomic E-state index is 0.650. The molecule has 0 amide bonds. The van der Waals surface area contributed by atoms with Gasteiger partial charge in [-0.3, -0.25) is 0 Å². The van der Waals surface area contributed by atoms with Crippen LogP contribution in [0.3, 0.4) is 0 Å². The number of halogens is 4. The lowest BCUT2D eigenvalue weighted by molar-refractivity contribution is 1.53. The van der Waals surface area contributed by atoms with E-state index in [4.69, 9.17) is 47.1 Å². The zero-order valence-electron chi connectivity index (χ0n) is 5.72. The summed E-state index contributed by atoms with van der Waals surface area (Å²) in [5, 5.41) is 0. The van der Waals surface area contributed by atoms with Crippen molar-refractivity contribution in [3.8, 4) is 0 Å². The van der Waals surface area contributed by atoms with Crippen LogP contribution in [0.25, 0.3) is 0 Å². The van der Waals surface area contributed by atoms with Crippen LogP contribution >= 0.6 is 47.1 Å². The van der Waals surface area contributed by atoms with Crippen LogP contribution in [-0.2, 0) is 0 Å². The second kappa shape index (κ2) is 4.28. The first-order valence-corrected chi connectivity index (χ1v) is 4.30. The summed E-state index contributed by atoms with van der Waals surface area (Å²) < 4.78 is 1.91. The zero-order valence-corrected chi connectivity index (χ0v) is 8.74. The van der Waals surface area contributed by atoms with Gasteiger partial charge in [0.25, 0.3) is 0 Å². The molecule has 1 aromatic carbocycles. The predicted molar refractivity (Wildman–Crippen MR) is 54.8 cm³/mol. The van der Waals surface area contributed by atoms with E-state index in [9.17, 15) is 0 Å². The van der Waals surface area contributed by atoms with Crippen molar-refractivity contribution in [2.24, 2.45) is 0 Å². The lowest BCUT2D eigenvalue weighted by atomic mass is 10.3. The van der Waals surface area contributed by atoms with Crippen LogP contribution in [-0.4, -0.2) is 0 Å². The number of hydrogen-bond donors (Lipinski definition) is 0. The molecule has 0 bridgehead atoms. The van der Waals surface area contributed by atoms with Crippen LogP contribution in [0.1, 0.15) is 0 Å². The Labute approximate surface area is 90.6 Å². The van der Waals surface area contributed by atoms with Gasteiger partial charge in [0, 0.05) is 47.1 Å². The third kappa shape index (κ3) is 2.49. The van der Waals surface area contributed by atoms with E-state index in [2.05, 4.69) is 0 Å². The Bertz CT molecular complexity index is 219. The van der Waals surface area contributed by atoms with Gasteiger partial charge in [0.15, 0.2) is 0 Å². The van der Waals surface area contributed by atoms with Crippen molar-refractivity contribution in [2.75, 3.05) is 7.88 Å². The molecule has 0 fully saturated rings. The summed E-state index contributed by atoms with van der Waals surface area (Å²) in [6.45, 7) is 0. The Morgan fingerprint density at radius 3 is 1.08 bits per heavy atom. The molecule has 66 valence electrons. The van der Waals surface area contributed by atoms with Gasteiger partial charge in [-0.2, -0.15) is 7.88 Å². The standard InChI is InChI=1S/C6H4Cl4N2/c7-11(8)5-1-2-6(4-3-5)12(9)10/h1-4H. The van der Waals surface area contributed by atoms with Crippen LogP contribution in [0.2, 0.25) is 0 Å². The van der Waals surface area contributed by atoms with E-state index >= 15 is 0 Å². The van der Waals surface area contributed by atoms with Crippen molar-refractivity contribution >= 4 is 58.5 Å². The molecule has 0 radical (unpaired) electrons. The van der Waals surface area contributed by atoms with Crippen molar-refractivity contribution in [1.29, 1.82) is 0 Å². The molecule has 1 rings (SSSR count). The van der Waals surface area contributed by atoms with E-state index in [-0.39, 0.29) is 0 Å². The molecule has 0 aromatic heterocycles. The molecular formula is C6H4Cl4N2. The second-order valence-electron chi connectivity index (χ2n) is 1.98. The molecule has 12 heavy (non-hydrogen) atoms. The van der Waals surface area contributed by atoms with E-state index in [1.54, 1.807) is 24.3 Å². The molecule has 0 saturated heterocycles. The van der Waals surface area contributed by atoms with E-state index in [1.165, 1.54) is 0 Å². The van der Waals surface area contributed by atoms with Gasteiger partial charge >= 0.3 is 0 Å². The van der Waals surface area contributed by atoms with Gasteiger partial charge in [-0.1, -0.05) is 0 Å². The van der Waals surface area contributed by atoms with Gasteiger partial charge in [0.1, 0.15) is 0 Å². The highest BCUT2D eigenvalue weighted by molar-refractivity contribution is 6.50. The fraction of sp³-hybridized carbons (Fsp3) is 0. The molecule has 0 aliphatic rings. The quantitative estimate of drug-likeness (QED) is 0.729. The van der Waals surface area contributed by atoms with Crippen molar-refractivity contribution in [3.05, 3.63) is 24.3 Å². The Morgan fingerprint density at radius 2 is 0.917 bits per heavy atom. The lowest BCUT2D eigenvalue weighted by Crippen LogP contribution is -1.94. The average Bonchev–Trinajstić information content (AvgIpc) is 2.04. The molecule has 0 aliphatic carbocycles. The molecule has 0 heterocycles. The second-order valence-corrected chi connectivity index (χ2v) is 3.68. The van der Waals surface area contributed by atoms with Gasteiger partial charge in [0.05, 0.1) is 11.4 Å². The van der Waals surface area contributed by atoms with Gasteiger partial charge in [-0.05, 0) is 24.3 Å². The highest BCUT2D eigenvalue weighted by Gasteiger charge is 2.01. The molecular weight excluding hydrogens is 242 g/mol. The van der Waals surface area contributed by atoms with Gasteiger partial charge in [-0.15, -0.1) is 0 Å². The van der Waals surface area contributed by atoms with Crippen LogP contribution in [0, 0.1) is 0 Å². The molecule has 0 atom stereocenters. The fourth-order valence-electron chi connectivity index (χ4n) is 0.678. The smallest absolute Gasteiger partial charge is 0.0711 e. The summed E-state index contributed by atoms with van der Waals surface area (Å²) >= 11 is 21.8. The number of rotatable bonds is 2. The van der Waals surface area contributed by atoms with Crippen LogP contribution in [0.5, 0.6) is 0 Å². The Kier molecular flexibility index (Phi) is 3.59. The van der Waals surface area contributed by atoms with Gasteiger partial charge < -0.3 is 0 Å². The Balaban J connectivity index is 2.86. The number of anilines is 2. The Hall–Kier alpha value is -0.0200. The minimum Gasteiger partial charge on any atom is -0.194 e. The summed E-state index contributed by atoms with van der Waals surface area (Å²) in [5.41, 5.74) is 1.30. The third-order valence-electron chi connectivity index (χ3n) is 1.24. The third-order valence-corrected chi connectivity index (χ3v) is 2.02. The maximum atomic E-state index is 5.45. The highest BCUT2D eigenvalue weighted by Crippen LogP contribution is 2.25. The SMILES string of the molecule is ClN(Cl)c1ccc(N(Cl)Cl)cc1. The first-order chi connectivity index (χ1) is 5.61. The maximum absolute atomic E-state index is 5.45. The predicted octanol–water partition coefficient (Wildman–Crippen LogP) is 3.91. The van der Waals surface area contributed by atoms with Crippen LogP contribution in [0.15, 0.2) is 24.3 Å². The van der Waals surface area contributed by atoms with Crippen molar-refractivity contribution in [3.63, 3.8) is 0 Å². The number of benzene rings is 1. The van der Waals surface area contributed by atoms with Crippen molar-refractivity contribution in [1.82, 2.24) is 0 Å². The highest BCUT2D eigenvalue weighted by atomic mass is 35.5. The molecule has 0 saturated carbocycles. The van der Waals surface area contributed by atoms with E-state index in [1.807, 2.05) is 0 Å². The van der Waals surface area contributed by atoms with Crippen LogP contribution < -0.4 is 7.88 Å². The summed E-state index contributed by atoms with van der Waals surface area (Å²) in [6, 6.07) is 6.75. The summed E-state index contributed by atoms with van der Waals surface area (Å²) in [7, 11) is 0. The summed E-state index contributed by atoms with van der Waals surface area (Å²) in [4.78, 5) is 0. The van der Waals surface area contributed by atoms with E-state index in [0.29, 0.717) is 11.4 Å². The zero-order chi connectivity index (χ0) is 9.14. The first kappa shape index (κ1) is 10.1. The van der Waals surface area contributed by atoms with E-state index < -0.39 is 0 Å². The molecule has 1 aromatic rings. The molecule has 2 nitrogen and oxygen atoms in total. The van der Waals surface area contributed by atoms with Gasteiger partial charge in [0.2, 0.25) is 0 Å². The molecule has 0 spiro atoms. The topological polar surface area (TPSA) is 6.48 Å². The largest absolute Gasteiger partial charge is 0.194 e. The average molecular weight is 246 g/mol. The number of nitrogens with zero attached hydrogens (tertiary/aromatic N) is 2. The monoisotopic (exact) mass is 244 g/mol. The van der Waals surface area contributed by atoms with Crippen molar-refractivity contribution in [2.45, 2.75) is 0 Å². The van der Waals surface area contributed by atoms with Gasteiger partial charge in [-0.25, -0.2) is 0 Å². The molecule has 0 unspecified atom stereocenters. The van der Waals surface area contributed by atoms with E-state index in [0.717, 1.165) is 7.88 Å². The first-order valence-electron chi connectivity index (χ1n) is 2.94. The van der Waals surface area contributed by atoms with Crippen LogP contribution in [0.4, 0.5) is 11.4 Å². The normalized spacial score (nSPS) is 9.67. The molecule has 0 aliphatic heterocycles. The lowest BCUT2D eigenvalue weighted by Gasteiger charge is -2.08. The summed E-state index contributed by atoms with van der Waals surface area (Å²) in [5.74, 6) is 0. The minimum absolute atomic E-state index is 0.650. The molecule has 0 N–H and O–H groups in total.